The number of ether oxygens (including phenoxy) is 2. The largest absolute Gasteiger partial charge is 0.494 e. The smallest absolute Gasteiger partial charge is 0.123 e. The van der Waals surface area contributed by atoms with E-state index in [0.717, 1.165) is 24.4 Å². The van der Waals surface area contributed by atoms with Gasteiger partial charge in [-0.2, -0.15) is 0 Å². The van der Waals surface area contributed by atoms with Crippen molar-refractivity contribution < 1.29 is 9.47 Å². The highest BCUT2D eigenvalue weighted by molar-refractivity contribution is 5.33. The molecule has 1 rings (SSSR count). The second kappa shape index (κ2) is 8.72. The molecule has 0 unspecified atom stereocenters. The first-order valence-electron chi connectivity index (χ1n) is 6.37. The molecular formula is C15H23NO2. The summed E-state index contributed by atoms with van der Waals surface area (Å²) < 4.78 is 11.0. The summed E-state index contributed by atoms with van der Waals surface area (Å²) in [6.45, 7) is 11.4. The molecule has 3 heteroatoms. The van der Waals surface area contributed by atoms with Gasteiger partial charge in [0.25, 0.3) is 0 Å². The van der Waals surface area contributed by atoms with E-state index in [9.17, 15) is 0 Å². The maximum atomic E-state index is 5.56. The van der Waals surface area contributed by atoms with Crippen molar-refractivity contribution in [3.63, 3.8) is 0 Å². The van der Waals surface area contributed by atoms with Gasteiger partial charge in [-0.3, -0.25) is 0 Å². The van der Waals surface area contributed by atoms with Crippen LogP contribution in [0, 0.1) is 0 Å². The highest BCUT2D eigenvalue weighted by Gasteiger charge is 2.01. The molecule has 3 nitrogen and oxygen atoms in total. The maximum Gasteiger partial charge on any atom is 0.123 e. The molecular weight excluding hydrogens is 226 g/mol. The number of hydrogen-bond donors (Lipinski definition) is 1. The first-order chi connectivity index (χ1) is 8.74. The SMILES string of the molecule is C=C(C)COCCNCc1ccccc1OCC. The second-order valence-electron chi connectivity index (χ2n) is 4.23. The summed E-state index contributed by atoms with van der Waals surface area (Å²) in [6.07, 6.45) is 0. The molecule has 0 radical (unpaired) electrons. The van der Waals surface area contributed by atoms with Gasteiger partial charge in [-0.25, -0.2) is 0 Å². The predicted octanol–water partition coefficient (Wildman–Crippen LogP) is 2.77. The molecule has 0 aliphatic carbocycles. The van der Waals surface area contributed by atoms with Crippen molar-refractivity contribution in [3.8, 4) is 5.75 Å². The van der Waals surface area contributed by atoms with E-state index in [1.807, 2.05) is 32.0 Å². The summed E-state index contributed by atoms with van der Waals surface area (Å²) in [6, 6.07) is 8.09. The Hall–Kier alpha value is -1.32. The molecule has 18 heavy (non-hydrogen) atoms. The fourth-order valence-corrected chi connectivity index (χ4v) is 1.56. The fourth-order valence-electron chi connectivity index (χ4n) is 1.56. The van der Waals surface area contributed by atoms with Gasteiger partial charge in [-0.15, -0.1) is 0 Å². The molecule has 0 aliphatic heterocycles. The topological polar surface area (TPSA) is 30.5 Å². The van der Waals surface area contributed by atoms with E-state index < -0.39 is 0 Å². The summed E-state index contributed by atoms with van der Waals surface area (Å²) in [5.74, 6) is 0.954. The van der Waals surface area contributed by atoms with Crippen LogP contribution in [-0.2, 0) is 11.3 Å². The van der Waals surface area contributed by atoms with Gasteiger partial charge in [0, 0.05) is 18.7 Å². The van der Waals surface area contributed by atoms with Crippen molar-refractivity contribution in [1.82, 2.24) is 5.32 Å². The van der Waals surface area contributed by atoms with E-state index in [-0.39, 0.29) is 0 Å². The highest BCUT2D eigenvalue weighted by atomic mass is 16.5. The van der Waals surface area contributed by atoms with Crippen LogP contribution < -0.4 is 10.1 Å². The van der Waals surface area contributed by atoms with Crippen LogP contribution >= 0.6 is 0 Å². The average Bonchev–Trinajstić information content (AvgIpc) is 2.35. The minimum atomic E-state index is 0.636. The van der Waals surface area contributed by atoms with Crippen molar-refractivity contribution in [1.29, 1.82) is 0 Å². The Kier molecular flexibility index (Phi) is 7.14. The van der Waals surface area contributed by atoms with Gasteiger partial charge in [0.05, 0.1) is 19.8 Å². The van der Waals surface area contributed by atoms with Crippen LogP contribution in [0.2, 0.25) is 0 Å². The first-order valence-corrected chi connectivity index (χ1v) is 6.37. The zero-order valence-corrected chi connectivity index (χ0v) is 11.4. The fraction of sp³-hybridized carbons (Fsp3) is 0.467. The molecule has 100 valence electrons. The average molecular weight is 249 g/mol. The normalized spacial score (nSPS) is 10.3. The lowest BCUT2D eigenvalue weighted by Gasteiger charge is -2.11. The molecule has 1 aromatic carbocycles. The molecule has 0 fully saturated rings. The Morgan fingerprint density at radius 3 is 2.83 bits per heavy atom. The zero-order valence-electron chi connectivity index (χ0n) is 11.4. The van der Waals surface area contributed by atoms with Gasteiger partial charge in [0.15, 0.2) is 0 Å². The first kappa shape index (κ1) is 14.7. The third-order valence-corrected chi connectivity index (χ3v) is 2.36. The lowest BCUT2D eigenvalue weighted by Crippen LogP contribution is -2.20. The highest BCUT2D eigenvalue weighted by Crippen LogP contribution is 2.17. The van der Waals surface area contributed by atoms with E-state index >= 15 is 0 Å². The van der Waals surface area contributed by atoms with Crippen LogP contribution in [0.25, 0.3) is 0 Å². The summed E-state index contributed by atoms with van der Waals surface area (Å²) in [5.41, 5.74) is 2.23. The van der Waals surface area contributed by atoms with Crippen molar-refractivity contribution in [2.75, 3.05) is 26.4 Å². The summed E-state index contributed by atoms with van der Waals surface area (Å²) in [7, 11) is 0. The van der Waals surface area contributed by atoms with Gasteiger partial charge in [-0.1, -0.05) is 30.4 Å². The minimum Gasteiger partial charge on any atom is -0.494 e. The van der Waals surface area contributed by atoms with Crippen LogP contribution in [0.4, 0.5) is 0 Å². The van der Waals surface area contributed by atoms with Gasteiger partial charge in [-0.05, 0) is 19.9 Å². The van der Waals surface area contributed by atoms with E-state index in [4.69, 9.17) is 9.47 Å². The number of nitrogens with one attached hydrogen (secondary N) is 1. The third kappa shape index (κ3) is 5.84. The molecule has 0 amide bonds. The molecule has 0 saturated carbocycles. The van der Waals surface area contributed by atoms with Crippen molar-refractivity contribution >= 4 is 0 Å². The number of hydrogen-bond acceptors (Lipinski definition) is 3. The number of rotatable bonds is 9. The summed E-state index contributed by atoms with van der Waals surface area (Å²) in [5, 5.41) is 3.34. The van der Waals surface area contributed by atoms with Crippen LogP contribution in [0.3, 0.4) is 0 Å². The molecule has 0 aromatic heterocycles. The molecule has 0 spiro atoms. The third-order valence-electron chi connectivity index (χ3n) is 2.36. The molecule has 0 bridgehead atoms. The molecule has 0 aliphatic rings. The summed E-state index contributed by atoms with van der Waals surface area (Å²) >= 11 is 0. The van der Waals surface area contributed by atoms with E-state index in [1.165, 1.54) is 5.56 Å². The predicted molar refractivity (Wildman–Crippen MR) is 75.0 cm³/mol. The lowest BCUT2D eigenvalue weighted by atomic mass is 10.2. The Morgan fingerprint density at radius 1 is 1.33 bits per heavy atom. The van der Waals surface area contributed by atoms with E-state index in [1.54, 1.807) is 0 Å². The Balaban J connectivity index is 2.24. The zero-order chi connectivity index (χ0) is 13.2. The van der Waals surface area contributed by atoms with Crippen LogP contribution in [-0.4, -0.2) is 26.4 Å². The van der Waals surface area contributed by atoms with Gasteiger partial charge in [0.2, 0.25) is 0 Å². The van der Waals surface area contributed by atoms with Crippen LogP contribution in [0.1, 0.15) is 19.4 Å². The van der Waals surface area contributed by atoms with E-state index in [0.29, 0.717) is 19.8 Å². The number of para-hydroxylation sites is 1. The molecule has 0 saturated heterocycles. The number of benzene rings is 1. The van der Waals surface area contributed by atoms with Gasteiger partial charge in [0.1, 0.15) is 5.75 Å². The Morgan fingerprint density at radius 2 is 2.11 bits per heavy atom. The van der Waals surface area contributed by atoms with E-state index in [2.05, 4.69) is 18.0 Å². The lowest BCUT2D eigenvalue weighted by molar-refractivity contribution is 0.157. The van der Waals surface area contributed by atoms with Crippen molar-refractivity contribution in [3.05, 3.63) is 42.0 Å². The van der Waals surface area contributed by atoms with Crippen LogP contribution in [0.15, 0.2) is 36.4 Å². The van der Waals surface area contributed by atoms with Crippen molar-refractivity contribution in [2.24, 2.45) is 0 Å². The second-order valence-corrected chi connectivity index (χ2v) is 4.23. The van der Waals surface area contributed by atoms with Crippen molar-refractivity contribution in [2.45, 2.75) is 20.4 Å². The van der Waals surface area contributed by atoms with Gasteiger partial charge >= 0.3 is 0 Å². The Labute approximate surface area is 110 Å². The molecule has 0 atom stereocenters. The molecule has 1 aromatic rings. The van der Waals surface area contributed by atoms with Gasteiger partial charge < -0.3 is 14.8 Å². The Bertz CT molecular complexity index is 363. The minimum absolute atomic E-state index is 0.636. The van der Waals surface area contributed by atoms with Crippen LogP contribution in [0.5, 0.6) is 5.75 Å². The summed E-state index contributed by atoms with van der Waals surface area (Å²) in [4.78, 5) is 0. The quantitative estimate of drug-likeness (QED) is 0.539. The molecule has 1 N–H and O–H groups in total. The maximum absolute atomic E-state index is 5.56. The molecule has 0 heterocycles. The standard InChI is InChI=1S/C15H23NO2/c1-4-18-15-8-6-5-7-14(15)11-16-9-10-17-12-13(2)3/h5-8,16H,2,4,9-12H2,1,3H3. The monoisotopic (exact) mass is 249 g/mol.